The number of hydrogen-bond donors (Lipinski definition) is 1. The Morgan fingerprint density at radius 1 is 1.32 bits per heavy atom. The van der Waals surface area contributed by atoms with Gasteiger partial charge < -0.3 is 5.11 Å². The van der Waals surface area contributed by atoms with Crippen molar-refractivity contribution in [1.82, 2.24) is 14.8 Å². The second-order valence-electron chi connectivity index (χ2n) is 5.05. The summed E-state index contributed by atoms with van der Waals surface area (Å²) in [6, 6.07) is 9.00. The molecule has 0 amide bonds. The molecule has 5 nitrogen and oxygen atoms in total. The van der Waals surface area contributed by atoms with Crippen LogP contribution in [0.25, 0.3) is 10.4 Å². The van der Waals surface area contributed by atoms with Gasteiger partial charge in [0.25, 0.3) is 0 Å². The molecular formula is C16H15N3O2S. The lowest BCUT2D eigenvalue weighted by Gasteiger charge is -2.02. The Balaban J connectivity index is 1.91. The molecule has 0 saturated heterocycles. The van der Waals surface area contributed by atoms with E-state index in [1.54, 1.807) is 18.3 Å². The number of nitrogens with zero attached hydrogens (tertiary/aromatic N) is 3. The van der Waals surface area contributed by atoms with Crippen LogP contribution in [0.4, 0.5) is 0 Å². The second-order valence-corrected chi connectivity index (χ2v) is 6.17. The average Bonchev–Trinajstić information content (AvgIpc) is 3.06. The van der Waals surface area contributed by atoms with Gasteiger partial charge in [0, 0.05) is 17.5 Å². The molecule has 1 N–H and O–H groups in total. The van der Waals surface area contributed by atoms with Crippen LogP contribution in [0.3, 0.4) is 0 Å². The normalized spacial score (nSPS) is 10.8. The van der Waals surface area contributed by atoms with E-state index in [1.807, 2.05) is 36.7 Å². The van der Waals surface area contributed by atoms with Crippen LogP contribution < -0.4 is 0 Å². The molecule has 6 heteroatoms. The summed E-state index contributed by atoms with van der Waals surface area (Å²) in [6.45, 7) is 4.56. The van der Waals surface area contributed by atoms with Crippen LogP contribution in [0.5, 0.6) is 0 Å². The van der Waals surface area contributed by atoms with Crippen LogP contribution in [0.2, 0.25) is 0 Å². The number of aromatic nitrogens is 3. The van der Waals surface area contributed by atoms with E-state index in [1.165, 1.54) is 11.3 Å². The van der Waals surface area contributed by atoms with Gasteiger partial charge in [-0.1, -0.05) is 18.2 Å². The Kier molecular flexibility index (Phi) is 3.77. The minimum absolute atomic E-state index is 0.295. The minimum atomic E-state index is -0.927. The monoisotopic (exact) mass is 313 g/mol. The summed E-state index contributed by atoms with van der Waals surface area (Å²) in [5.41, 5.74) is 3.06. The standard InChI is InChI=1S/C16H15N3O2S/c1-10-7-11(2)19(18-10)9-15-17-8-14(22-15)12-5-3-4-6-13(12)16(20)21/h3-8H,9H2,1-2H3,(H,20,21). The number of thiazole rings is 1. The number of rotatable bonds is 4. The molecule has 1 aromatic carbocycles. The summed E-state index contributed by atoms with van der Waals surface area (Å²) < 4.78 is 1.90. The van der Waals surface area contributed by atoms with E-state index in [2.05, 4.69) is 10.1 Å². The number of benzene rings is 1. The third kappa shape index (κ3) is 2.78. The molecule has 22 heavy (non-hydrogen) atoms. The number of carboxylic acid groups (broad SMARTS) is 1. The van der Waals surface area contributed by atoms with E-state index >= 15 is 0 Å². The molecule has 0 aliphatic rings. The Bertz CT molecular complexity index is 836. The van der Waals surface area contributed by atoms with Gasteiger partial charge in [-0.15, -0.1) is 11.3 Å². The van der Waals surface area contributed by atoms with Crippen molar-refractivity contribution >= 4 is 17.3 Å². The SMILES string of the molecule is Cc1cc(C)n(Cc2ncc(-c3ccccc3C(=O)O)s2)n1. The van der Waals surface area contributed by atoms with Crippen LogP contribution in [0, 0.1) is 13.8 Å². The first-order valence-electron chi connectivity index (χ1n) is 6.83. The van der Waals surface area contributed by atoms with E-state index < -0.39 is 5.97 Å². The summed E-state index contributed by atoms with van der Waals surface area (Å²) in [7, 11) is 0. The van der Waals surface area contributed by atoms with Gasteiger partial charge in [-0.25, -0.2) is 9.78 Å². The summed E-state index contributed by atoms with van der Waals surface area (Å²) in [4.78, 5) is 16.6. The largest absolute Gasteiger partial charge is 0.478 e. The van der Waals surface area contributed by atoms with Crippen molar-refractivity contribution in [2.75, 3.05) is 0 Å². The number of aryl methyl sites for hydroxylation is 2. The predicted octanol–water partition coefficient (Wildman–Crippen LogP) is 3.37. The highest BCUT2D eigenvalue weighted by atomic mass is 32.1. The number of carbonyl (C=O) groups is 1. The smallest absolute Gasteiger partial charge is 0.336 e. The van der Waals surface area contributed by atoms with Crippen LogP contribution in [-0.4, -0.2) is 25.8 Å². The third-order valence-corrected chi connectivity index (χ3v) is 4.38. The highest BCUT2D eigenvalue weighted by Crippen LogP contribution is 2.29. The highest BCUT2D eigenvalue weighted by Gasteiger charge is 2.14. The van der Waals surface area contributed by atoms with Crippen LogP contribution in [0.15, 0.2) is 36.5 Å². The molecule has 3 aromatic rings. The van der Waals surface area contributed by atoms with Gasteiger partial charge in [-0.3, -0.25) is 4.68 Å². The zero-order valence-corrected chi connectivity index (χ0v) is 13.1. The van der Waals surface area contributed by atoms with Crippen molar-refractivity contribution in [3.05, 3.63) is 58.5 Å². The molecule has 0 spiro atoms. The first-order chi connectivity index (χ1) is 10.5. The van der Waals surface area contributed by atoms with E-state index in [4.69, 9.17) is 0 Å². The Hall–Kier alpha value is -2.47. The van der Waals surface area contributed by atoms with Crippen LogP contribution in [0.1, 0.15) is 26.8 Å². The molecule has 0 fully saturated rings. The lowest BCUT2D eigenvalue weighted by atomic mass is 10.1. The Morgan fingerprint density at radius 2 is 2.09 bits per heavy atom. The highest BCUT2D eigenvalue weighted by molar-refractivity contribution is 7.15. The molecule has 3 rings (SSSR count). The van der Waals surface area contributed by atoms with Gasteiger partial charge in [0.15, 0.2) is 0 Å². The van der Waals surface area contributed by atoms with Crippen molar-refractivity contribution in [3.63, 3.8) is 0 Å². The lowest BCUT2D eigenvalue weighted by molar-refractivity contribution is 0.0698. The molecule has 0 bridgehead atoms. The van der Waals surface area contributed by atoms with E-state index in [0.29, 0.717) is 17.7 Å². The van der Waals surface area contributed by atoms with Crippen molar-refractivity contribution in [3.8, 4) is 10.4 Å². The second kappa shape index (κ2) is 5.73. The number of aromatic carboxylic acids is 1. The molecule has 0 saturated carbocycles. The minimum Gasteiger partial charge on any atom is -0.478 e. The zero-order chi connectivity index (χ0) is 15.7. The summed E-state index contributed by atoms with van der Waals surface area (Å²) in [5.74, 6) is -0.927. The van der Waals surface area contributed by atoms with Crippen LogP contribution >= 0.6 is 11.3 Å². The van der Waals surface area contributed by atoms with E-state index in [-0.39, 0.29) is 0 Å². The maximum Gasteiger partial charge on any atom is 0.336 e. The number of carboxylic acids is 1. The molecule has 2 aromatic heterocycles. The Morgan fingerprint density at radius 3 is 2.77 bits per heavy atom. The van der Waals surface area contributed by atoms with E-state index in [0.717, 1.165) is 21.3 Å². The van der Waals surface area contributed by atoms with Gasteiger partial charge in [0.1, 0.15) is 5.01 Å². The maximum absolute atomic E-state index is 11.3. The molecule has 0 aliphatic carbocycles. The average molecular weight is 313 g/mol. The molecule has 0 radical (unpaired) electrons. The first kappa shape index (κ1) is 14.5. The van der Waals surface area contributed by atoms with E-state index in [9.17, 15) is 9.90 Å². The Labute approximate surface area is 131 Å². The van der Waals surface area contributed by atoms with Gasteiger partial charge >= 0.3 is 5.97 Å². The van der Waals surface area contributed by atoms with Gasteiger partial charge in [0.05, 0.1) is 22.7 Å². The molecule has 2 heterocycles. The van der Waals surface area contributed by atoms with Crippen molar-refractivity contribution in [2.24, 2.45) is 0 Å². The maximum atomic E-state index is 11.3. The molecule has 0 unspecified atom stereocenters. The predicted molar refractivity (Wildman–Crippen MR) is 85.3 cm³/mol. The molecule has 0 atom stereocenters. The van der Waals surface area contributed by atoms with Gasteiger partial charge in [-0.2, -0.15) is 5.10 Å². The molecule has 0 aliphatic heterocycles. The fourth-order valence-electron chi connectivity index (χ4n) is 2.36. The third-order valence-electron chi connectivity index (χ3n) is 3.36. The van der Waals surface area contributed by atoms with Crippen molar-refractivity contribution in [1.29, 1.82) is 0 Å². The molecular weight excluding hydrogens is 298 g/mol. The van der Waals surface area contributed by atoms with Gasteiger partial charge in [0.2, 0.25) is 0 Å². The summed E-state index contributed by atoms with van der Waals surface area (Å²) in [6.07, 6.45) is 1.73. The van der Waals surface area contributed by atoms with Gasteiger partial charge in [-0.05, 0) is 26.0 Å². The fourth-order valence-corrected chi connectivity index (χ4v) is 3.29. The van der Waals surface area contributed by atoms with Crippen molar-refractivity contribution < 1.29 is 9.90 Å². The number of hydrogen-bond acceptors (Lipinski definition) is 4. The molecule has 112 valence electrons. The van der Waals surface area contributed by atoms with Crippen LogP contribution in [-0.2, 0) is 6.54 Å². The fraction of sp³-hybridized carbons (Fsp3) is 0.188. The first-order valence-corrected chi connectivity index (χ1v) is 7.64. The lowest BCUT2D eigenvalue weighted by Crippen LogP contribution is -2.03. The quantitative estimate of drug-likeness (QED) is 0.802. The zero-order valence-electron chi connectivity index (χ0n) is 12.3. The van der Waals surface area contributed by atoms with Crippen molar-refractivity contribution in [2.45, 2.75) is 20.4 Å². The topological polar surface area (TPSA) is 68.0 Å². The summed E-state index contributed by atoms with van der Waals surface area (Å²) >= 11 is 1.50. The summed E-state index contributed by atoms with van der Waals surface area (Å²) in [5, 5.41) is 14.6.